The number of oxazole rings is 1. The number of benzene rings is 2. The number of rotatable bonds is 5. The van der Waals surface area contributed by atoms with Crippen LogP contribution in [0.1, 0.15) is 12.3 Å². The number of hydrogen-bond acceptors (Lipinski definition) is 4. The summed E-state index contributed by atoms with van der Waals surface area (Å²) in [6.07, 6.45) is 2.66. The van der Waals surface area contributed by atoms with Gasteiger partial charge < -0.3 is 14.2 Å². The molecule has 1 amide bonds. The average Bonchev–Trinajstić information content (AvgIpc) is 3.22. The third kappa shape index (κ3) is 4.44. The van der Waals surface area contributed by atoms with Gasteiger partial charge in [0.25, 0.3) is 0 Å². The van der Waals surface area contributed by atoms with Crippen molar-refractivity contribution in [2.45, 2.75) is 12.8 Å². The molecule has 6 heteroatoms. The fraction of sp³-hybridized carbons (Fsp3) is 0.273. The summed E-state index contributed by atoms with van der Waals surface area (Å²) < 4.78 is 6.82. The molecule has 4 rings (SSSR count). The number of carbonyl (C=O) groups excluding carboxylic acids is 1. The number of para-hydroxylation sites is 1. The summed E-state index contributed by atoms with van der Waals surface area (Å²) in [5.74, 6) is 1.49. The first-order chi connectivity index (χ1) is 13.7. The van der Waals surface area contributed by atoms with Gasteiger partial charge >= 0.3 is 0 Å². The average molecular weight is 440 g/mol. The predicted octanol–water partition coefficient (Wildman–Crippen LogP) is 4.39. The van der Waals surface area contributed by atoms with Gasteiger partial charge in [-0.1, -0.05) is 46.3 Å². The molecule has 2 heterocycles. The molecule has 0 atom stereocenters. The summed E-state index contributed by atoms with van der Waals surface area (Å²) in [5, 5.41) is 0. The lowest BCUT2D eigenvalue weighted by Crippen LogP contribution is -2.48. The van der Waals surface area contributed by atoms with Gasteiger partial charge in [-0.2, -0.15) is 0 Å². The van der Waals surface area contributed by atoms with E-state index < -0.39 is 0 Å². The van der Waals surface area contributed by atoms with Crippen molar-refractivity contribution in [2.24, 2.45) is 0 Å². The molecule has 144 valence electrons. The van der Waals surface area contributed by atoms with E-state index in [4.69, 9.17) is 4.42 Å². The van der Waals surface area contributed by atoms with E-state index in [2.05, 4.69) is 37.9 Å². The Bertz CT molecular complexity index is 934. The third-order valence-electron chi connectivity index (χ3n) is 4.97. The second-order valence-electron chi connectivity index (χ2n) is 6.83. The summed E-state index contributed by atoms with van der Waals surface area (Å²) in [6.45, 7) is 3.23. The molecule has 0 aliphatic carbocycles. The van der Waals surface area contributed by atoms with Crippen LogP contribution in [0.2, 0.25) is 0 Å². The number of aryl methyl sites for hydroxylation is 1. The van der Waals surface area contributed by atoms with Gasteiger partial charge in [-0.15, -0.1) is 0 Å². The number of halogens is 1. The van der Waals surface area contributed by atoms with Crippen LogP contribution < -0.4 is 4.90 Å². The maximum absolute atomic E-state index is 12.6. The molecule has 5 nitrogen and oxygen atoms in total. The Morgan fingerprint density at radius 2 is 1.82 bits per heavy atom. The zero-order chi connectivity index (χ0) is 19.3. The summed E-state index contributed by atoms with van der Waals surface area (Å²) >= 11 is 3.46. The predicted molar refractivity (Wildman–Crippen MR) is 113 cm³/mol. The van der Waals surface area contributed by atoms with Crippen molar-refractivity contribution >= 4 is 27.5 Å². The van der Waals surface area contributed by atoms with Gasteiger partial charge in [0.15, 0.2) is 11.7 Å². The standard InChI is InChI=1S/C22H22BrN3O2/c23-18-6-4-5-17(15-18)20-16-24-21(28-20)9-10-22(27)26-13-11-25(12-14-26)19-7-2-1-3-8-19/h1-8,15-16H,9-14H2. The molecule has 1 saturated heterocycles. The maximum Gasteiger partial charge on any atom is 0.223 e. The fourth-order valence-electron chi connectivity index (χ4n) is 3.43. The Labute approximate surface area is 173 Å². The minimum atomic E-state index is 0.162. The Hall–Kier alpha value is -2.60. The first-order valence-electron chi connectivity index (χ1n) is 9.47. The first-order valence-corrected chi connectivity index (χ1v) is 10.3. The second-order valence-corrected chi connectivity index (χ2v) is 7.75. The van der Waals surface area contributed by atoms with E-state index in [0.29, 0.717) is 18.7 Å². The smallest absolute Gasteiger partial charge is 0.223 e. The summed E-state index contributed by atoms with van der Waals surface area (Å²) in [7, 11) is 0. The summed E-state index contributed by atoms with van der Waals surface area (Å²) in [6, 6.07) is 18.2. The lowest BCUT2D eigenvalue weighted by Gasteiger charge is -2.36. The van der Waals surface area contributed by atoms with Gasteiger partial charge in [-0.05, 0) is 24.3 Å². The van der Waals surface area contributed by atoms with Crippen LogP contribution in [0.3, 0.4) is 0 Å². The van der Waals surface area contributed by atoms with E-state index in [9.17, 15) is 4.79 Å². The molecular weight excluding hydrogens is 418 g/mol. The number of nitrogens with zero attached hydrogens (tertiary/aromatic N) is 3. The third-order valence-corrected chi connectivity index (χ3v) is 5.46. The van der Waals surface area contributed by atoms with Gasteiger partial charge in [0.2, 0.25) is 5.91 Å². The van der Waals surface area contributed by atoms with E-state index >= 15 is 0 Å². The fourth-order valence-corrected chi connectivity index (χ4v) is 3.83. The van der Waals surface area contributed by atoms with Crippen molar-refractivity contribution < 1.29 is 9.21 Å². The summed E-state index contributed by atoms with van der Waals surface area (Å²) in [5.41, 5.74) is 2.19. The van der Waals surface area contributed by atoms with Crippen molar-refractivity contribution in [1.82, 2.24) is 9.88 Å². The number of amides is 1. The van der Waals surface area contributed by atoms with Crippen LogP contribution in [0.4, 0.5) is 5.69 Å². The molecule has 1 aromatic heterocycles. The van der Waals surface area contributed by atoms with Gasteiger partial charge in [0.05, 0.1) is 6.20 Å². The monoisotopic (exact) mass is 439 g/mol. The molecule has 3 aromatic rings. The minimum absolute atomic E-state index is 0.162. The molecule has 1 aliphatic heterocycles. The highest BCUT2D eigenvalue weighted by Crippen LogP contribution is 2.24. The van der Waals surface area contributed by atoms with Gasteiger partial charge in [-0.3, -0.25) is 4.79 Å². The van der Waals surface area contributed by atoms with Crippen molar-refractivity contribution in [3.63, 3.8) is 0 Å². The Morgan fingerprint density at radius 3 is 2.57 bits per heavy atom. The Kier molecular flexibility index (Phi) is 5.76. The molecule has 0 unspecified atom stereocenters. The zero-order valence-corrected chi connectivity index (χ0v) is 17.1. The van der Waals surface area contributed by atoms with Crippen molar-refractivity contribution in [2.75, 3.05) is 31.1 Å². The highest BCUT2D eigenvalue weighted by atomic mass is 79.9. The molecule has 0 saturated carbocycles. The number of piperazine rings is 1. The lowest BCUT2D eigenvalue weighted by atomic mass is 10.2. The number of aromatic nitrogens is 1. The summed E-state index contributed by atoms with van der Waals surface area (Å²) in [4.78, 5) is 21.2. The quantitative estimate of drug-likeness (QED) is 0.591. The number of hydrogen-bond donors (Lipinski definition) is 0. The largest absolute Gasteiger partial charge is 0.441 e. The molecular formula is C22H22BrN3O2. The molecule has 2 aromatic carbocycles. The highest BCUT2D eigenvalue weighted by Gasteiger charge is 2.21. The van der Waals surface area contributed by atoms with Gasteiger partial charge in [0, 0.05) is 54.7 Å². The van der Waals surface area contributed by atoms with E-state index in [-0.39, 0.29) is 5.91 Å². The van der Waals surface area contributed by atoms with Crippen molar-refractivity contribution in [3.05, 3.63) is 71.2 Å². The normalized spacial score (nSPS) is 14.3. The van der Waals surface area contributed by atoms with E-state index in [1.807, 2.05) is 47.4 Å². The topological polar surface area (TPSA) is 49.6 Å². The highest BCUT2D eigenvalue weighted by molar-refractivity contribution is 9.10. The SMILES string of the molecule is O=C(CCc1ncc(-c2cccc(Br)c2)o1)N1CCN(c2ccccc2)CC1. The number of carbonyl (C=O) groups is 1. The molecule has 0 N–H and O–H groups in total. The Morgan fingerprint density at radius 1 is 1.04 bits per heavy atom. The van der Waals surface area contributed by atoms with Crippen LogP contribution in [-0.2, 0) is 11.2 Å². The molecule has 1 aliphatic rings. The second kappa shape index (κ2) is 8.61. The van der Waals surface area contributed by atoms with Crippen LogP contribution in [0, 0.1) is 0 Å². The molecule has 0 radical (unpaired) electrons. The van der Waals surface area contributed by atoms with Gasteiger partial charge in [0.1, 0.15) is 0 Å². The zero-order valence-electron chi connectivity index (χ0n) is 15.6. The first kappa shape index (κ1) is 18.7. The lowest BCUT2D eigenvalue weighted by molar-refractivity contribution is -0.131. The molecule has 28 heavy (non-hydrogen) atoms. The van der Waals surface area contributed by atoms with Crippen LogP contribution >= 0.6 is 15.9 Å². The van der Waals surface area contributed by atoms with Gasteiger partial charge in [-0.25, -0.2) is 4.98 Å². The van der Waals surface area contributed by atoms with E-state index in [1.165, 1.54) is 5.69 Å². The minimum Gasteiger partial charge on any atom is -0.441 e. The van der Waals surface area contributed by atoms with Crippen LogP contribution in [0.5, 0.6) is 0 Å². The van der Waals surface area contributed by atoms with E-state index in [1.54, 1.807) is 6.20 Å². The van der Waals surface area contributed by atoms with Crippen LogP contribution in [0.15, 0.2) is 69.7 Å². The molecule has 0 spiro atoms. The van der Waals surface area contributed by atoms with Crippen molar-refractivity contribution in [3.8, 4) is 11.3 Å². The van der Waals surface area contributed by atoms with Crippen LogP contribution in [-0.4, -0.2) is 42.0 Å². The molecule has 0 bridgehead atoms. The molecule has 1 fully saturated rings. The Balaban J connectivity index is 1.28. The van der Waals surface area contributed by atoms with Crippen LogP contribution in [0.25, 0.3) is 11.3 Å². The van der Waals surface area contributed by atoms with Crippen molar-refractivity contribution in [1.29, 1.82) is 0 Å². The maximum atomic E-state index is 12.6. The van der Waals surface area contributed by atoms with E-state index in [0.717, 1.165) is 42.0 Å². The number of anilines is 1.